The van der Waals surface area contributed by atoms with E-state index in [0.29, 0.717) is 17.5 Å². The van der Waals surface area contributed by atoms with Crippen LogP contribution in [0.3, 0.4) is 0 Å². The van der Waals surface area contributed by atoms with Gasteiger partial charge in [-0.3, -0.25) is 4.98 Å². The zero-order valence-corrected chi connectivity index (χ0v) is 27.6. The first kappa shape index (κ1) is 28.6. The molecule has 0 saturated carbocycles. The smallest absolute Gasteiger partial charge is 0.164 e. The van der Waals surface area contributed by atoms with Crippen molar-refractivity contribution < 1.29 is 8.83 Å². The zero-order chi connectivity index (χ0) is 34.2. The second-order valence-corrected chi connectivity index (χ2v) is 13.0. The molecule has 0 unspecified atom stereocenters. The number of pyridine rings is 1. The molecule has 0 saturated heterocycles. The minimum absolute atomic E-state index is 0.551. The SMILES string of the molecule is c1ccc2cc(-c3nc(-c4ccc(-c5cccc6oc7ccccc7c56)c5ccccc45)nc(-c4cccc5oc6cccnc6c45)n3)ccc2c1. The minimum Gasteiger partial charge on any atom is -0.456 e. The maximum absolute atomic E-state index is 6.27. The molecular weight excluding hydrogens is 641 g/mol. The van der Waals surface area contributed by atoms with Crippen LogP contribution in [0.1, 0.15) is 0 Å². The summed E-state index contributed by atoms with van der Waals surface area (Å²) in [5.41, 5.74) is 8.85. The van der Waals surface area contributed by atoms with Gasteiger partial charge in [-0.25, -0.2) is 15.0 Å². The van der Waals surface area contributed by atoms with Crippen molar-refractivity contribution in [2.24, 2.45) is 0 Å². The van der Waals surface area contributed by atoms with Crippen LogP contribution in [0.2, 0.25) is 0 Å². The Bertz CT molecular complexity index is 3210. The fourth-order valence-electron chi connectivity index (χ4n) is 7.63. The fourth-order valence-corrected chi connectivity index (χ4v) is 7.63. The molecule has 52 heavy (non-hydrogen) atoms. The normalized spacial score (nSPS) is 11.8. The summed E-state index contributed by atoms with van der Waals surface area (Å²) < 4.78 is 12.5. The Morgan fingerprint density at radius 2 is 0.981 bits per heavy atom. The van der Waals surface area contributed by atoms with E-state index in [1.54, 1.807) is 6.20 Å². The van der Waals surface area contributed by atoms with E-state index < -0.39 is 0 Å². The van der Waals surface area contributed by atoms with E-state index >= 15 is 0 Å². The molecule has 6 nitrogen and oxygen atoms in total. The van der Waals surface area contributed by atoms with Crippen molar-refractivity contribution in [1.29, 1.82) is 0 Å². The molecule has 0 spiro atoms. The van der Waals surface area contributed by atoms with E-state index in [4.69, 9.17) is 28.8 Å². The Balaban J connectivity index is 1.17. The minimum atomic E-state index is 0.551. The van der Waals surface area contributed by atoms with Crippen LogP contribution in [-0.2, 0) is 0 Å². The van der Waals surface area contributed by atoms with E-state index in [1.165, 1.54) is 0 Å². The average Bonchev–Trinajstić information content (AvgIpc) is 3.79. The third-order valence-corrected chi connectivity index (χ3v) is 10.00. The Kier molecular flexibility index (Phi) is 6.15. The lowest BCUT2D eigenvalue weighted by atomic mass is 9.92. The van der Waals surface area contributed by atoms with Gasteiger partial charge < -0.3 is 8.83 Å². The maximum Gasteiger partial charge on any atom is 0.164 e. The van der Waals surface area contributed by atoms with Gasteiger partial charge in [0, 0.05) is 33.7 Å². The van der Waals surface area contributed by atoms with Crippen LogP contribution < -0.4 is 0 Å². The van der Waals surface area contributed by atoms with E-state index in [9.17, 15) is 0 Å². The predicted octanol–water partition coefficient (Wildman–Crippen LogP) is 12.0. The number of para-hydroxylation sites is 1. The van der Waals surface area contributed by atoms with Crippen molar-refractivity contribution in [3.63, 3.8) is 0 Å². The summed E-state index contributed by atoms with van der Waals surface area (Å²) in [4.78, 5) is 20.3. The lowest BCUT2D eigenvalue weighted by Gasteiger charge is -2.14. The molecule has 0 atom stereocenters. The molecule has 11 aromatic rings. The number of fused-ring (bicyclic) bond motifs is 8. The largest absolute Gasteiger partial charge is 0.456 e. The molecule has 0 aliphatic rings. The van der Waals surface area contributed by atoms with Crippen molar-refractivity contribution in [1.82, 2.24) is 19.9 Å². The average molecular weight is 667 g/mol. The van der Waals surface area contributed by atoms with E-state index in [2.05, 4.69) is 103 Å². The van der Waals surface area contributed by atoms with Crippen molar-refractivity contribution in [3.8, 4) is 45.3 Å². The predicted molar refractivity (Wildman–Crippen MR) is 209 cm³/mol. The Morgan fingerprint density at radius 1 is 0.365 bits per heavy atom. The van der Waals surface area contributed by atoms with Crippen LogP contribution >= 0.6 is 0 Å². The van der Waals surface area contributed by atoms with Crippen LogP contribution in [0.4, 0.5) is 0 Å². The first-order chi connectivity index (χ1) is 25.8. The topological polar surface area (TPSA) is 77.8 Å². The second kappa shape index (κ2) is 11.2. The van der Waals surface area contributed by atoms with Gasteiger partial charge in [0.05, 0.1) is 5.39 Å². The molecule has 242 valence electrons. The number of hydrogen-bond acceptors (Lipinski definition) is 6. The number of aromatic nitrogens is 4. The van der Waals surface area contributed by atoms with Gasteiger partial charge in [0.2, 0.25) is 0 Å². The van der Waals surface area contributed by atoms with E-state index in [-0.39, 0.29) is 0 Å². The molecule has 0 fully saturated rings. The number of benzene rings is 7. The molecule has 4 heterocycles. The molecule has 0 amide bonds. The molecule has 6 heteroatoms. The van der Waals surface area contributed by atoms with Crippen LogP contribution in [-0.4, -0.2) is 19.9 Å². The Hall–Kier alpha value is -7.18. The summed E-state index contributed by atoms with van der Waals surface area (Å²) in [5, 5.41) is 7.49. The first-order valence-corrected chi connectivity index (χ1v) is 17.2. The van der Waals surface area contributed by atoms with Gasteiger partial charge >= 0.3 is 0 Å². The summed E-state index contributed by atoms with van der Waals surface area (Å²) >= 11 is 0. The van der Waals surface area contributed by atoms with Crippen molar-refractivity contribution >= 4 is 65.6 Å². The number of hydrogen-bond donors (Lipinski definition) is 0. The first-order valence-electron chi connectivity index (χ1n) is 17.2. The molecule has 11 rings (SSSR count). The third-order valence-electron chi connectivity index (χ3n) is 10.00. The van der Waals surface area contributed by atoms with Gasteiger partial charge in [0.25, 0.3) is 0 Å². The van der Waals surface area contributed by atoms with Crippen LogP contribution in [0.5, 0.6) is 0 Å². The molecule has 0 radical (unpaired) electrons. The number of furan rings is 2. The number of rotatable bonds is 4. The highest BCUT2D eigenvalue weighted by Gasteiger charge is 2.21. The Labute approximate surface area is 296 Å². The summed E-state index contributed by atoms with van der Waals surface area (Å²) in [6.45, 7) is 0. The molecule has 0 N–H and O–H groups in total. The standard InChI is InChI=1S/C46H26N4O2/c1-2-11-28-26-29(22-21-27(28)10-1)44-48-45(50-46(49-44)36-16-8-19-39-42(36)43-40(52-39)20-9-25-47-43)34-24-23-32(30-12-3-4-13-31(30)34)33-15-7-18-38-41(33)35-14-5-6-17-37(35)51-38/h1-26H. The van der Waals surface area contributed by atoms with Gasteiger partial charge in [-0.2, -0.15) is 0 Å². The van der Waals surface area contributed by atoms with Gasteiger partial charge in [-0.05, 0) is 75.1 Å². The van der Waals surface area contributed by atoms with E-state index in [1.807, 2.05) is 48.5 Å². The third kappa shape index (κ3) is 4.38. The van der Waals surface area contributed by atoms with Gasteiger partial charge in [-0.15, -0.1) is 0 Å². The van der Waals surface area contributed by atoms with Crippen LogP contribution in [0.25, 0.3) is 111 Å². The molecule has 7 aromatic carbocycles. The second-order valence-electron chi connectivity index (χ2n) is 13.0. The fraction of sp³-hybridized carbons (Fsp3) is 0. The number of nitrogens with zero attached hydrogens (tertiary/aromatic N) is 4. The molecule has 0 bridgehead atoms. The lowest BCUT2D eigenvalue weighted by molar-refractivity contribution is 0.668. The van der Waals surface area contributed by atoms with Gasteiger partial charge in [0.1, 0.15) is 22.3 Å². The monoisotopic (exact) mass is 666 g/mol. The molecule has 4 aromatic heterocycles. The van der Waals surface area contributed by atoms with Crippen molar-refractivity contribution in [3.05, 3.63) is 158 Å². The summed E-state index contributed by atoms with van der Waals surface area (Å²) in [7, 11) is 0. The van der Waals surface area contributed by atoms with Gasteiger partial charge in [-0.1, -0.05) is 109 Å². The molecule has 0 aliphatic carbocycles. The summed E-state index contributed by atoms with van der Waals surface area (Å²) in [5.74, 6) is 1.72. The highest BCUT2D eigenvalue weighted by Crippen LogP contribution is 2.42. The van der Waals surface area contributed by atoms with Crippen molar-refractivity contribution in [2.45, 2.75) is 0 Å². The van der Waals surface area contributed by atoms with Gasteiger partial charge in [0.15, 0.2) is 23.1 Å². The van der Waals surface area contributed by atoms with Crippen molar-refractivity contribution in [2.75, 3.05) is 0 Å². The van der Waals surface area contributed by atoms with Crippen LogP contribution in [0, 0.1) is 0 Å². The lowest BCUT2D eigenvalue weighted by Crippen LogP contribution is -2.01. The summed E-state index contributed by atoms with van der Waals surface area (Å²) in [6.07, 6.45) is 1.79. The van der Waals surface area contributed by atoms with E-state index in [0.717, 1.165) is 93.4 Å². The molecule has 0 aliphatic heterocycles. The zero-order valence-electron chi connectivity index (χ0n) is 27.6. The maximum atomic E-state index is 6.27. The highest BCUT2D eigenvalue weighted by molar-refractivity contribution is 6.16. The molecular formula is C46H26N4O2. The summed E-state index contributed by atoms with van der Waals surface area (Å²) in [6, 6.07) is 51.7. The Morgan fingerprint density at radius 3 is 1.85 bits per heavy atom. The quantitative estimate of drug-likeness (QED) is 0.186. The van der Waals surface area contributed by atoms with Crippen LogP contribution in [0.15, 0.2) is 167 Å². The highest BCUT2D eigenvalue weighted by atomic mass is 16.3.